The molecule has 19 heavy (non-hydrogen) atoms. The maximum Gasteiger partial charge on any atom is 0.322 e. The van der Waals surface area contributed by atoms with Crippen LogP contribution in [0.5, 0.6) is 0 Å². The molecule has 2 N–H and O–H groups in total. The van der Waals surface area contributed by atoms with Gasteiger partial charge in [-0.1, -0.05) is 0 Å². The number of morpholine rings is 1. The van der Waals surface area contributed by atoms with E-state index in [4.69, 9.17) is 9.84 Å². The van der Waals surface area contributed by atoms with Crippen molar-refractivity contribution in [3.05, 3.63) is 0 Å². The van der Waals surface area contributed by atoms with Crippen molar-refractivity contribution in [3.8, 4) is 0 Å². The van der Waals surface area contributed by atoms with Crippen molar-refractivity contribution in [1.29, 1.82) is 0 Å². The van der Waals surface area contributed by atoms with Gasteiger partial charge < -0.3 is 15.2 Å². The smallest absolute Gasteiger partial charge is 0.322 e. The molecule has 1 saturated heterocycles. The largest absolute Gasteiger partial charge is 0.480 e. The van der Waals surface area contributed by atoms with Crippen LogP contribution in [0.2, 0.25) is 0 Å². The lowest BCUT2D eigenvalue weighted by molar-refractivity contribution is -0.138. The summed E-state index contributed by atoms with van der Waals surface area (Å²) in [5, 5.41) is 11.0. The molecule has 1 saturated carbocycles. The molecule has 0 bridgehead atoms. The van der Waals surface area contributed by atoms with E-state index in [9.17, 15) is 9.59 Å². The Labute approximate surface area is 113 Å². The van der Waals surface area contributed by atoms with E-state index in [1.54, 1.807) is 0 Å². The van der Waals surface area contributed by atoms with Crippen LogP contribution in [0.3, 0.4) is 0 Å². The molecule has 0 atom stereocenters. The summed E-state index contributed by atoms with van der Waals surface area (Å²) in [4.78, 5) is 24.6. The number of carbonyl (C=O) groups is 2. The van der Waals surface area contributed by atoms with E-state index in [0.717, 1.165) is 52.0 Å². The summed E-state index contributed by atoms with van der Waals surface area (Å²) >= 11 is 0. The van der Waals surface area contributed by atoms with Gasteiger partial charge in [-0.3, -0.25) is 14.5 Å². The van der Waals surface area contributed by atoms with Gasteiger partial charge in [0, 0.05) is 25.0 Å². The first-order valence-electron chi connectivity index (χ1n) is 6.98. The molecule has 108 valence electrons. The average molecular weight is 270 g/mol. The van der Waals surface area contributed by atoms with Crippen LogP contribution in [0.4, 0.5) is 0 Å². The van der Waals surface area contributed by atoms with Gasteiger partial charge in [0.05, 0.1) is 13.2 Å². The second-order valence-electron chi connectivity index (χ2n) is 5.27. The third-order valence-corrected chi connectivity index (χ3v) is 4.04. The summed E-state index contributed by atoms with van der Waals surface area (Å²) in [7, 11) is 0. The van der Waals surface area contributed by atoms with Gasteiger partial charge in [0.15, 0.2) is 0 Å². The van der Waals surface area contributed by atoms with Gasteiger partial charge in [-0.2, -0.15) is 0 Å². The van der Waals surface area contributed by atoms with Gasteiger partial charge in [-0.05, 0) is 25.7 Å². The molecule has 2 fully saturated rings. The second kappa shape index (κ2) is 6.86. The first-order valence-corrected chi connectivity index (χ1v) is 6.98. The normalized spacial score (nSPS) is 28.8. The van der Waals surface area contributed by atoms with E-state index in [-0.39, 0.29) is 18.4 Å². The third kappa shape index (κ3) is 4.18. The topological polar surface area (TPSA) is 78.9 Å². The predicted molar refractivity (Wildman–Crippen MR) is 68.8 cm³/mol. The molecule has 2 rings (SSSR count). The van der Waals surface area contributed by atoms with Crippen LogP contribution in [0.25, 0.3) is 0 Å². The molecule has 0 aromatic rings. The Morgan fingerprint density at radius 3 is 2.37 bits per heavy atom. The first kappa shape index (κ1) is 14.3. The molecule has 1 aliphatic carbocycles. The summed E-state index contributed by atoms with van der Waals surface area (Å²) in [6.45, 7) is 3.31. The lowest BCUT2D eigenvalue weighted by atomic mass is 9.84. The van der Waals surface area contributed by atoms with Crippen molar-refractivity contribution in [2.45, 2.75) is 31.7 Å². The van der Waals surface area contributed by atoms with Crippen LogP contribution in [-0.4, -0.2) is 60.8 Å². The molecule has 1 aliphatic heterocycles. The fourth-order valence-electron chi connectivity index (χ4n) is 2.95. The van der Waals surface area contributed by atoms with Crippen LogP contribution < -0.4 is 5.32 Å². The fourth-order valence-corrected chi connectivity index (χ4v) is 2.95. The molecular weight excluding hydrogens is 248 g/mol. The third-order valence-electron chi connectivity index (χ3n) is 4.04. The maximum absolute atomic E-state index is 11.8. The van der Waals surface area contributed by atoms with Crippen LogP contribution in [0, 0.1) is 5.92 Å². The van der Waals surface area contributed by atoms with Crippen molar-refractivity contribution in [1.82, 2.24) is 10.2 Å². The molecule has 1 heterocycles. The number of hydrogen-bond acceptors (Lipinski definition) is 4. The minimum absolute atomic E-state index is 0.0170. The molecule has 2 aliphatic rings. The Morgan fingerprint density at radius 2 is 1.79 bits per heavy atom. The molecular formula is C13H22N2O4. The maximum atomic E-state index is 11.8. The van der Waals surface area contributed by atoms with Gasteiger partial charge in [0.1, 0.15) is 6.54 Å². The van der Waals surface area contributed by atoms with Gasteiger partial charge in [-0.25, -0.2) is 0 Å². The van der Waals surface area contributed by atoms with Crippen LogP contribution in [0.1, 0.15) is 25.7 Å². The van der Waals surface area contributed by atoms with E-state index in [0.29, 0.717) is 6.04 Å². The quantitative estimate of drug-likeness (QED) is 0.756. The summed E-state index contributed by atoms with van der Waals surface area (Å²) in [5.41, 5.74) is 0. The van der Waals surface area contributed by atoms with Crippen LogP contribution in [0.15, 0.2) is 0 Å². The average Bonchev–Trinajstić information content (AvgIpc) is 2.46. The number of nitrogens with one attached hydrogen (secondary N) is 1. The highest BCUT2D eigenvalue weighted by atomic mass is 16.5. The number of rotatable bonds is 4. The minimum atomic E-state index is -0.990. The summed E-state index contributed by atoms with van der Waals surface area (Å²) in [6.07, 6.45) is 3.75. The van der Waals surface area contributed by atoms with Gasteiger partial charge in [-0.15, -0.1) is 0 Å². The molecule has 6 nitrogen and oxygen atoms in total. The van der Waals surface area contributed by atoms with Crippen molar-refractivity contribution in [3.63, 3.8) is 0 Å². The Morgan fingerprint density at radius 1 is 1.16 bits per heavy atom. The number of aliphatic carboxylic acids is 1. The molecule has 0 aromatic heterocycles. The monoisotopic (exact) mass is 270 g/mol. The van der Waals surface area contributed by atoms with E-state index in [2.05, 4.69) is 10.2 Å². The Hall–Kier alpha value is -1.14. The molecule has 0 unspecified atom stereocenters. The highest BCUT2D eigenvalue weighted by Crippen LogP contribution is 2.28. The molecule has 0 aromatic carbocycles. The summed E-state index contributed by atoms with van der Waals surface area (Å²) < 4.78 is 5.34. The zero-order valence-electron chi connectivity index (χ0n) is 11.1. The van der Waals surface area contributed by atoms with Crippen molar-refractivity contribution in [2.75, 3.05) is 32.8 Å². The number of hydrogen-bond donors (Lipinski definition) is 2. The standard InChI is InChI=1S/C13H22N2O4/c16-12(17)9-14-13(18)10-1-3-11(4-2-10)15-5-7-19-8-6-15/h10-11H,1-9H2,(H,14,18)(H,16,17). The van der Waals surface area contributed by atoms with Crippen molar-refractivity contribution >= 4 is 11.9 Å². The second-order valence-corrected chi connectivity index (χ2v) is 5.27. The zero-order chi connectivity index (χ0) is 13.7. The number of carboxylic acids is 1. The molecule has 0 spiro atoms. The number of carboxylic acid groups (broad SMARTS) is 1. The molecule has 6 heteroatoms. The highest BCUT2D eigenvalue weighted by Gasteiger charge is 2.30. The Bertz CT molecular complexity index is 321. The lowest BCUT2D eigenvalue weighted by Gasteiger charge is -2.38. The number of carbonyl (C=O) groups excluding carboxylic acids is 1. The van der Waals surface area contributed by atoms with E-state index < -0.39 is 5.97 Å². The number of ether oxygens (including phenoxy) is 1. The lowest BCUT2D eigenvalue weighted by Crippen LogP contribution is -2.46. The van der Waals surface area contributed by atoms with E-state index >= 15 is 0 Å². The Balaban J connectivity index is 1.72. The SMILES string of the molecule is O=C(O)CNC(=O)C1CCC(N2CCOCC2)CC1. The van der Waals surface area contributed by atoms with E-state index in [1.165, 1.54) is 0 Å². The highest BCUT2D eigenvalue weighted by molar-refractivity contribution is 5.82. The minimum Gasteiger partial charge on any atom is -0.480 e. The fraction of sp³-hybridized carbons (Fsp3) is 0.846. The summed E-state index contributed by atoms with van der Waals surface area (Å²) in [5.74, 6) is -1.12. The predicted octanol–water partition coefficient (Wildman–Crippen LogP) is 0.0782. The number of amides is 1. The Kier molecular flexibility index (Phi) is 5.15. The van der Waals surface area contributed by atoms with Gasteiger partial charge in [0.2, 0.25) is 5.91 Å². The first-order chi connectivity index (χ1) is 9.16. The van der Waals surface area contributed by atoms with Crippen LogP contribution >= 0.6 is 0 Å². The molecule has 1 amide bonds. The summed E-state index contributed by atoms with van der Waals surface area (Å²) in [6, 6.07) is 0.562. The zero-order valence-corrected chi connectivity index (χ0v) is 11.1. The van der Waals surface area contributed by atoms with Crippen molar-refractivity contribution < 1.29 is 19.4 Å². The molecule has 0 radical (unpaired) electrons. The van der Waals surface area contributed by atoms with Crippen LogP contribution in [-0.2, 0) is 14.3 Å². The van der Waals surface area contributed by atoms with E-state index in [1.807, 2.05) is 0 Å². The van der Waals surface area contributed by atoms with Crippen molar-refractivity contribution in [2.24, 2.45) is 5.92 Å². The number of nitrogens with zero attached hydrogens (tertiary/aromatic N) is 1. The van der Waals surface area contributed by atoms with Gasteiger partial charge in [0.25, 0.3) is 0 Å². The van der Waals surface area contributed by atoms with Gasteiger partial charge >= 0.3 is 5.97 Å².